The van der Waals surface area contributed by atoms with Crippen molar-refractivity contribution in [3.05, 3.63) is 62.3 Å². The Morgan fingerprint density at radius 2 is 1.55 bits per heavy atom. The van der Waals surface area contributed by atoms with Crippen molar-refractivity contribution in [2.75, 3.05) is 42.5 Å². The number of pyridine rings is 1. The summed E-state index contributed by atoms with van der Waals surface area (Å²) in [4.78, 5) is 34.1. The molecule has 4 rings (SSSR count). The number of carbonyl (C=O) groups excluding carboxylic acids is 1. The van der Waals surface area contributed by atoms with Gasteiger partial charge < -0.3 is 9.80 Å². The number of hydrogen-bond donors (Lipinski definition) is 0. The summed E-state index contributed by atoms with van der Waals surface area (Å²) in [7, 11) is 0. The maximum Gasteiger partial charge on any atom is 0.270 e. The van der Waals surface area contributed by atoms with Crippen molar-refractivity contribution >= 4 is 51.8 Å². The monoisotopic (exact) mass is 605 g/mol. The standard InChI is InChI=1S/C33H43N5O2S2/c1-4-6-8-9-10-14-18-38-32(40)29(42-33(38)41)23-27-25(3)28(24-34)31(39)37(17-7-5-2)30(27)36-21-19-35(20-22-36)26-15-12-11-13-16-26/h11-13,15-16,23H,4-10,14,17-22H2,1-3H3/b29-23-. The molecule has 0 radical (unpaired) electrons. The molecule has 42 heavy (non-hydrogen) atoms. The molecule has 7 nitrogen and oxygen atoms in total. The van der Waals surface area contributed by atoms with Gasteiger partial charge in [-0.3, -0.25) is 19.1 Å². The van der Waals surface area contributed by atoms with Crippen LogP contribution in [0.3, 0.4) is 0 Å². The zero-order chi connectivity index (χ0) is 30.1. The first-order valence-electron chi connectivity index (χ1n) is 15.4. The molecule has 2 fully saturated rings. The highest BCUT2D eigenvalue weighted by atomic mass is 32.2. The van der Waals surface area contributed by atoms with Crippen molar-refractivity contribution in [2.45, 2.75) is 78.7 Å². The molecule has 9 heteroatoms. The van der Waals surface area contributed by atoms with Gasteiger partial charge in [-0.1, -0.05) is 94.6 Å². The van der Waals surface area contributed by atoms with Gasteiger partial charge in [-0.25, -0.2) is 0 Å². The van der Waals surface area contributed by atoms with Crippen LogP contribution in [0.25, 0.3) is 6.08 Å². The Morgan fingerprint density at radius 1 is 0.905 bits per heavy atom. The van der Waals surface area contributed by atoms with Gasteiger partial charge in [0.1, 0.15) is 21.8 Å². The van der Waals surface area contributed by atoms with E-state index in [2.05, 4.69) is 54.0 Å². The fourth-order valence-electron chi connectivity index (χ4n) is 5.70. The third kappa shape index (κ3) is 7.27. The van der Waals surface area contributed by atoms with Crippen LogP contribution in [0.2, 0.25) is 0 Å². The Bertz CT molecular complexity index is 1390. The van der Waals surface area contributed by atoms with Crippen LogP contribution in [0.4, 0.5) is 11.5 Å². The maximum absolute atomic E-state index is 13.6. The van der Waals surface area contributed by atoms with Gasteiger partial charge in [-0.15, -0.1) is 0 Å². The summed E-state index contributed by atoms with van der Waals surface area (Å²) in [6, 6.07) is 12.5. The van der Waals surface area contributed by atoms with Gasteiger partial charge in [0, 0.05) is 50.5 Å². The number of unbranched alkanes of at least 4 members (excludes halogenated alkanes) is 6. The highest BCUT2D eigenvalue weighted by Crippen LogP contribution is 2.36. The van der Waals surface area contributed by atoms with Crippen LogP contribution in [0, 0.1) is 18.3 Å². The zero-order valence-corrected chi connectivity index (χ0v) is 26.9. The summed E-state index contributed by atoms with van der Waals surface area (Å²) in [5.41, 5.74) is 2.47. The van der Waals surface area contributed by atoms with Gasteiger partial charge in [0.15, 0.2) is 0 Å². The molecule has 3 heterocycles. The number of thioether (sulfide) groups is 1. The third-order valence-corrected chi connectivity index (χ3v) is 9.54. The molecule has 2 aliphatic heterocycles. The molecule has 2 aromatic rings. The minimum atomic E-state index is -0.253. The molecule has 0 atom stereocenters. The number of anilines is 2. The lowest BCUT2D eigenvalue weighted by Crippen LogP contribution is -2.48. The van der Waals surface area contributed by atoms with Gasteiger partial charge in [-0.2, -0.15) is 5.26 Å². The molecule has 224 valence electrons. The number of nitrogens with zero attached hydrogens (tertiary/aromatic N) is 5. The Morgan fingerprint density at radius 3 is 2.21 bits per heavy atom. The molecular formula is C33H43N5O2S2. The van der Waals surface area contributed by atoms with E-state index in [1.54, 1.807) is 9.47 Å². The molecule has 0 unspecified atom stereocenters. The van der Waals surface area contributed by atoms with Crippen LogP contribution < -0.4 is 15.4 Å². The van der Waals surface area contributed by atoms with Crippen LogP contribution in [0.1, 0.15) is 81.9 Å². The number of nitriles is 1. The predicted octanol–water partition coefficient (Wildman–Crippen LogP) is 6.72. The lowest BCUT2D eigenvalue weighted by atomic mass is 10.0. The second-order valence-electron chi connectivity index (χ2n) is 11.1. The average Bonchev–Trinajstić information content (AvgIpc) is 3.27. The predicted molar refractivity (Wildman–Crippen MR) is 179 cm³/mol. The van der Waals surface area contributed by atoms with E-state index in [9.17, 15) is 14.9 Å². The maximum atomic E-state index is 13.6. The number of hydrogen-bond acceptors (Lipinski definition) is 7. The zero-order valence-electron chi connectivity index (χ0n) is 25.2. The van der Waals surface area contributed by atoms with Gasteiger partial charge in [0.2, 0.25) is 0 Å². The summed E-state index contributed by atoms with van der Waals surface area (Å²) < 4.78 is 2.35. The molecule has 1 amide bonds. The second kappa shape index (κ2) is 15.4. The number of benzene rings is 1. The normalized spacial score (nSPS) is 16.5. The highest BCUT2D eigenvalue weighted by Gasteiger charge is 2.33. The molecule has 2 saturated heterocycles. The van der Waals surface area contributed by atoms with Crippen LogP contribution >= 0.6 is 24.0 Å². The van der Waals surface area contributed by atoms with Crippen molar-refractivity contribution in [3.63, 3.8) is 0 Å². The molecule has 0 saturated carbocycles. The minimum absolute atomic E-state index is 0.0809. The summed E-state index contributed by atoms with van der Waals surface area (Å²) in [6.45, 7) is 10.4. The Labute approximate surface area is 260 Å². The smallest absolute Gasteiger partial charge is 0.270 e. The Balaban J connectivity index is 1.66. The topological polar surface area (TPSA) is 72.6 Å². The molecule has 1 aromatic carbocycles. The van der Waals surface area contributed by atoms with Gasteiger partial charge in [0.05, 0.1) is 4.91 Å². The van der Waals surface area contributed by atoms with Crippen LogP contribution in [-0.4, -0.2) is 52.4 Å². The molecule has 0 N–H and O–H groups in total. The first-order valence-corrected chi connectivity index (χ1v) is 16.6. The lowest BCUT2D eigenvalue weighted by Gasteiger charge is -2.39. The quantitative estimate of drug-likeness (QED) is 0.143. The summed E-state index contributed by atoms with van der Waals surface area (Å²) >= 11 is 6.96. The molecule has 1 aromatic heterocycles. The highest BCUT2D eigenvalue weighted by molar-refractivity contribution is 8.26. The third-order valence-electron chi connectivity index (χ3n) is 8.17. The first-order chi connectivity index (χ1) is 20.4. The number of amides is 1. The lowest BCUT2D eigenvalue weighted by molar-refractivity contribution is -0.122. The first kappa shape index (κ1) is 31.8. The van der Waals surface area contributed by atoms with Crippen molar-refractivity contribution in [1.29, 1.82) is 5.26 Å². The molecule has 2 aliphatic rings. The van der Waals surface area contributed by atoms with E-state index in [1.807, 2.05) is 19.1 Å². The SMILES string of the molecule is CCCCCCCCN1C(=O)/C(=C/c2c(C)c(C#N)c(=O)n(CCCC)c2N2CCN(c3ccccc3)CC2)SC1=S. The van der Waals surface area contributed by atoms with Gasteiger partial charge in [0.25, 0.3) is 11.5 Å². The fraction of sp³-hybridized carbons (Fsp3) is 0.515. The number of rotatable bonds is 13. The fourth-order valence-corrected chi connectivity index (χ4v) is 6.99. The van der Waals surface area contributed by atoms with E-state index in [-0.39, 0.29) is 17.0 Å². The number of carbonyl (C=O) groups is 1. The summed E-state index contributed by atoms with van der Waals surface area (Å²) in [5, 5.41) is 10.0. The van der Waals surface area contributed by atoms with E-state index in [4.69, 9.17) is 12.2 Å². The van der Waals surface area contributed by atoms with Crippen LogP contribution in [0.15, 0.2) is 40.0 Å². The van der Waals surface area contributed by atoms with E-state index < -0.39 is 0 Å². The van der Waals surface area contributed by atoms with Crippen LogP contribution in [-0.2, 0) is 11.3 Å². The number of piperazine rings is 1. The average molecular weight is 606 g/mol. The van der Waals surface area contributed by atoms with Crippen molar-refractivity contribution in [1.82, 2.24) is 9.47 Å². The number of thiocarbonyl (C=S) groups is 1. The van der Waals surface area contributed by atoms with Gasteiger partial charge >= 0.3 is 0 Å². The molecule has 0 spiro atoms. The van der Waals surface area contributed by atoms with E-state index in [1.165, 1.54) is 43.1 Å². The molecule has 0 bridgehead atoms. The minimum Gasteiger partial charge on any atom is -0.368 e. The van der Waals surface area contributed by atoms with Crippen molar-refractivity contribution in [2.24, 2.45) is 0 Å². The Kier molecular flexibility index (Phi) is 11.7. The summed E-state index contributed by atoms with van der Waals surface area (Å²) in [6.07, 6.45) is 10.5. The number of aromatic nitrogens is 1. The van der Waals surface area contributed by atoms with E-state index in [0.717, 1.165) is 63.2 Å². The van der Waals surface area contributed by atoms with E-state index >= 15 is 0 Å². The van der Waals surface area contributed by atoms with Crippen LogP contribution in [0.5, 0.6) is 0 Å². The van der Waals surface area contributed by atoms with E-state index in [0.29, 0.717) is 27.9 Å². The van der Waals surface area contributed by atoms with Crippen molar-refractivity contribution in [3.8, 4) is 6.07 Å². The number of para-hydroxylation sites is 1. The Hall–Kier alpha value is -3.09. The molecular weight excluding hydrogens is 563 g/mol. The van der Waals surface area contributed by atoms with Gasteiger partial charge in [-0.05, 0) is 43.5 Å². The molecule has 0 aliphatic carbocycles. The largest absolute Gasteiger partial charge is 0.368 e. The summed E-state index contributed by atoms with van der Waals surface area (Å²) in [5.74, 6) is 0.724. The van der Waals surface area contributed by atoms with Crippen molar-refractivity contribution < 1.29 is 4.79 Å². The second-order valence-corrected chi connectivity index (χ2v) is 12.7.